The first-order chi connectivity index (χ1) is 13.8. The van der Waals surface area contributed by atoms with Crippen molar-refractivity contribution in [2.75, 3.05) is 0 Å². The van der Waals surface area contributed by atoms with Gasteiger partial charge in [0.15, 0.2) is 0 Å². The number of alkyl halides is 3. The fourth-order valence-corrected chi connectivity index (χ4v) is 2.85. The Morgan fingerprint density at radius 1 is 1.17 bits per heavy atom. The van der Waals surface area contributed by atoms with Gasteiger partial charge in [-0.1, -0.05) is 48.0 Å². The summed E-state index contributed by atoms with van der Waals surface area (Å²) in [6.07, 6.45) is -4.85. The Labute approximate surface area is 170 Å². The number of nitriles is 1. The maximum atomic E-state index is 12.5. The molecule has 1 aliphatic carbocycles. The Hall–Kier alpha value is -2.98. The Bertz CT molecular complexity index is 954. The fraction of sp³-hybridized carbons (Fsp3) is 0.238. The molecule has 0 N–H and O–H groups in total. The molecule has 0 radical (unpaired) electrons. The second-order valence-corrected chi connectivity index (χ2v) is 6.86. The molecule has 0 unspecified atom stereocenters. The summed E-state index contributed by atoms with van der Waals surface area (Å²) in [5, 5.41) is 8.12. The van der Waals surface area contributed by atoms with Gasteiger partial charge >= 0.3 is 12.1 Å². The van der Waals surface area contributed by atoms with E-state index in [1.807, 2.05) is 24.3 Å². The summed E-state index contributed by atoms with van der Waals surface area (Å²) in [4.78, 5) is 12.2. The quantitative estimate of drug-likeness (QED) is 0.544. The molecular weight excluding hydrogens is 407 g/mol. The summed E-state index contributed by atoms with van der Waals surface area (Å²) in [5.74, 6) is -1.08. The first kappa shape index (κ1) is 20.7. The first-order valence-corrected chi connectivity index (χ1v) is 9.03. The lowest BCUT2D eigenvalue weighted by molar-refractivity contribution is -0.148. The van der Waals surface area contributed by atoms with Gasteiger partial charge in [0.25, 0.3) is 0 Å². The minimum absolute atomic E-state index is 0.195. The number of carbonyl (C=O) groups excluding carboxylic acids is 1. The SMILES string of the molecule is N#C[C@@H](OC(=O)[C@@H]1C[C@H]1/C=C(\Cl)C(F)(F)F)c1cccc(Oc2ccccc2)c1. The van der Waals surface area contributed by atoms with Gasteiger partial charge < -0.3 is 9.47 Å². The molecular formula is C21H15ClF3NO3. The zero-order chi connectivity index (χ0) is 21.0. The van der Waals surface area contributed by atoms with Crippen molar-refractivity contribution in [2.45, 2.75) is 18.7 Å². The zero-order valence-electron chi connectivity index (χ0n) is 14.9. The predicted octanol–water partition coefficient (Wildman–Crippen LogP) is 5.91. The van der Waals surface area contributed by atoms with Gasteiger partial charge in [0, 0.05) is 5.56 Å². The van der Waals surface area contributed by atoms with Crippen LogP contribution in [0.15, 0.2) is 65.7 Å². The summed E-state index contributed by atoms with van der Waals surface area (Å²) >= 11 is 5.19. The Balaban J connectivity index is 1.64. The molecule has 2 aromatic rings. The number of allylic oxidation sites excluding steroid dienone is 2. The molecule has 150 valence electrons. The molecule has 1 fully saturated rings. The van der Waals surface area contributed by atoms with E-state index in [1.54, 1.807) is 36.4 Å². The van der Waals surface area contributed by atoms with Crippen LogP contribution in [0.3, 0.4) is 0 Å². The highest BCUT2D eigenvalue weighted by Gasteiger charge is 2.46. The molecule has 0 heterocycles. The van der Waals surface area contributed by atoms with Gasteiger partial charge in [0.05, 0.1) is 5.92 Å². The van der Waals surface area contributed by atoms with Crippen LogP contribution in [0.1, 0.15) is 18.1 Å². The van der Waals surface area contributed by atoms with Crippen molar-refractivity contribution in [3.63, 3.8) is 0 Å². The van der Waals surface area contributed by atoms with Gasteiger partial charge in [0.2, 0.25) is 6.10 Å². The van der Waals surface area contributed by atoms with Gasteiger partial charge in [-0.3, -0.25) is 4.79 Å². The summed E-state index contributed by atoms with van der Waals surface area (Å²) in [6, 6.07) is 17.4. The van der Waals surface area contributed by atoms with Crippen LogP contribution in [-0.2, 0) is 9.53 Å². The Morgan fingerprint density at radius 3 is 2.52 bits per heavy atom. The zero-order valence-corrected chi connectivity index (χ0v) is 15.7. The van der Waals surface area contributed by atoms with E-state index in [2.05, 4.69) is 0 Å². The number of rotatable bonds is 6. The van der Waals surface area contributed by atoms with E-state index in [1.165, 1.54) is 0 Å². The highest BCUT2D eigenvalue weighted by molar-refractivity contribution is 6.30. The van der Waals surface area contributed by atoms with Gasteiger partial charge in [-0.15, -0.1) is 0 Å². The molecule has 8 heteroatoms. The fourth-order valence-electron chi connectivity index (χ4n) is 2.69. The highest BCUT2D eigenvalue weighted by atomic mass is 35.5. The maximum Gasteiger partial charge on any atom is 0.426 e. The number of benzene rings is 2. The Kier molecular flexibility index (Phi) is 6.14. The van der Waals surface area contributed by atoms with Crippen molar-refractivity contribution in [2.24, 2.45) is 11.8 Å². The number of esters is 1. The number of carbonyl (C=O) groups is 1. The summed E-state index contributed by atoms with van der Waals surface area (Å²) in [7, 11) is 0. The van der Waals surface area contributed by atoms with E-state index in [9.17, 15) is 23.2 Å². The van der Waals surface area contributed by atoms with Crippen molar-refractivity contribution in [1.82, 2.24) is 0 Å². The number of hydrogen-bond donors (Lipinski definition) is 0. The van der Waals surface area contributed by atoms with Gasteiger partial charge in [-0.25, -0.2) is 0 Å². The second kappa shape index (κ2) is 8.58. The smallest absolute Gasteiger partial charge is 0.426 e. The van der Waals surface area contributed by atoms with E-state index < -0.39 is 35.1 Å². The second-order valence-electron chi connectivity index (χ2n) is 6.45. The normalized spacial score (nSPS) is 19.8. The van der Waals surface area contributed by atoms with E-state index in [4.69, 9.17) is 21.1 Å². The monoisotopic (exact) mass is 421 g/mol. The molecule has 0 spiro atoms. The van der Waals surface area contributed by atoms with E-state index in [0.29, 0.717) is 17.1 Å². The standard InChI is InChI=1S/C21H15ClF3NO3/c22-19(21(23,24)25)11-14-10-17(14)20(27)29-18(12-26)13-5-4-8-16(9-13)28-15-6-2-1-3-7-15/h1-9,11,14,17-18H,10H2/b19-11-/t14-,17+,18+/m0/s1. The van der Waals surface area contributed by atoms with Crippen molar-refractivity contribution < 1.29 is 27.4 Å². The van der Waals surface area contributed by atoms with Crippen LogP contribution in [0, 0.1) is 23.2 Å². The molecule has 0 saturated heterocycles. The summed E-state index contributed by atoms with van der Waals surface area (Å²) < 4.78 is 48.3. The third kappa shape index (κ3) is 5.52. The van der Waals surface area contributed by atoms with Gasteiger partial charge in [-0.2, -0.15) is 18.4 Å². The molecule has 0 bridgehead atoms. The van der Waals surface area contributed by atoms with Crippen LogP contribution in [0.25, 0.3) is 0 Å². The number of halogens is 4. The van der Waals surface area contributed by atoms with E-state index in [-0.39, 0.29) is 6.42 Å². The number of nitrogens with zero attached hydrogens (tertiary/aromatic N) is 1. The van der Waals surface area contributed by atoms with Crippen LogP contribution in [-0.4, -0.2) is 12.1 Å². The van der Waals surface area contributed by atoms with Crippen LogP contribution in [0.5, 0.6) is 11.5 Å². The molecule has 2 aromatic carbocycles. The molecule has 3 rings (SSSR count). The van der Waals surface area contributed by atoms with Gasteiger partial charge in [-0.05, 0) is 36.6 Å². The third-order valence-corrected chi connectivity index (χ3v) is 4.61. The van der Waals surface area contributed by atoms with E-state index >= 15 is 0 Å². The van der Waals surface area contributed by atoms with Crippen molar-refractivity contribution in [3.8, 4) is 17.6 Å². The molecule has 1 aliphatic rings. The topological polar surface area (TPSA) is 59.3 Å². The molecule has 0 amide bonds. The van der Waals surface area contributed by atoms with Crippen LogP contribution < -0.4 is 4.74 Å². The lowest BCUT2D eigenvalue weighted by Gasteiger charge is -2.13. The number of para-hydroxylation sites is 1. The minimum atomic E-state index is -4.65. The number of ether oxygens (including phenoxy) is 2. The average molecular weight is 422 g/mol. The van der Waals surface area contributed by atoms with Crippen molar-refractivity contribution in [3.05, 3.63) is 71.3 Å². The minimum Gasteiger partial charge on any atom is -0.457 e. The van der Waals surface area contributed by atoms with Crippen LogP contribution in [0.4, 0.5) is 13.2 Å². The third-order valence-electron chi connectivity index (χ3n) is 4.26. The van der Waals surface area contributed by atoms with E-state index in [0.717, 1.165) is 6.08 Å². The molecule has 3 atom stereocenters. The lowest BCUT2D eigenvalue weighted by Crippen LogP contribution is -2.13. The van der Waals surface area contributed by atoms with Crippen LogP contribution in [0.2, 0.25) is 0 Å². The molecule has 0 aliphatic heterocycles. The summed E-state index contributed by atoms with van der Waals surface area (Å²) in [5.41, 5.74) is 0.398. The van der Waals surface area contributed by atoms with Crippen LogP contribution >= 0.6 is 11.6 Å². The summed E-state index contributed by atoms with van der Waals surface area (Å²) in [6.45, 7) is 0. The molecule has 4 nitrogen and oxygen atoms in total. The number of hydrogen-bond acceptors (Lipinski definition) is 4. The first-order valence-electron chi connectivity index (χ1n) is 8.65. The molecule has 0 aromatic heterocycles. The lowest BCUT2D eigenvalue weighted by atomic mass is 10.1. The molecule has 1 saturated carbocycles. The highest BCUT2D eigenvalue weighted by Crippen LogP contribution is 2.44. The molecule has 29 heavy (non-hydrogen) atoms. The van der Waals surface area contributed by atoms with Gasteiger partial charge in [0.1, 0.15) is 22.6 Å². The average Bonchev–Trinajstić information content (AvgIpc) is 3.45. The largest absolute Gasteiger partial charge is 0.457 e. The maximum absolute atomic E-state index is 12.5. The van der Waals surface area contributed by atoms with Crippen molar-refractivity contribution in [1.29, 1.82) is 5.26 Å². The van der Waals surface area contributed by atoms with Crippen molar-refractivity contribution >= 4 is 17.6 Å². The predicted molar refractivity (Wildman–Crippen MR) is 99.0 cm³/mol. The Morgan fingerprint density at radius 2 is 1.86 bits per heavy atom.